The summed E-state index contributed by atoms with van der Waals surface area (Å²) < 4.78 is 26.3. The maximum absolute atomic E-state index is 13.2. The van der Waals surface area contributed by atoms with E-state index in [1.165, 1.54) is 24.3 Å². The monoisotopic (exact) mass is 397 g/mol. The van der Waals surface area contributed by atoms with E-state index in [-0.39, 0.29) is 16.9 Å². The van der Waals surface area contributed by atoms with Crippen molar-refractivity contribution in [2.75, 3.05) is 11.9 Å². The molecule has 0 aromatic heterocycles. The van der Waals surface area contributed by atoms with Crippen LogP contribution in [0, 0.1) is 22.0 Å². The molecule has 1 atom stereocenters. The summed E-state index contributed by atoms with van der Waals surface area (Å²) in [5.41, 5.74) is 2.74. The second-order valence-electron chi connectivity index (χ2n) is 7.43. The first kappa shape index (κ1) is 19.3. The topological polar surface area (TPSA) is 93.8 Å². The van der Waals surface area contributed by atoms with Crippen molar-refractivity contribution in [3.05, 3.63) is 53.1 Å². The van der Waals surface area contributed by atoms with Crippen molar-refractivity contribution in [1.29, 1.82) is 10.5 Å². The van der Waals surface area contributed by atoms with Crippen LogP contribution in [0.25, 0.3) is 0 Å². The van der Waals surface area contributed by atoms with Crippen LogP contribution in [0.4, 0.5) is 5.69 Å². The maximum atomic E-state index is 13.2. The Morgan fingerprint density at radius 2 is 1.81 bits per heavy atom. The molecule has 1 aliphatic rings. The van der Waals surface area contributed by atoms with Crippen LogP contribution in [0.2, 0.25) is 0 Å². The molecule has 1 heterocycles. The smallest absolute Gasteiger partial charge is 0.187 e. The van der Waals surface area contributed by atoms with Gasteiger partial charge < -0.3 is 5.32 Å². The van der Waals surface area contributed by atoms with Gasteiger partial charge in [-0.25, -0.2) is 8.42 Å². The number of benzene rings is 2. The average Bonchev–Trinajstić information content (AvgIpc) is 3.04. The van der Waals surface area contributed by atoms with Gasteiger partial charge in [0.25, 0.3) is 0 Å². The number of nitrogens with one attached hydrogen (secondary N) is 1. The summed E-state index contributed by atoms with van der Waals surface area (Å²) >= 11 is 1.06. The van der Waals surface area contributed by atoms with E-state index in [1.54, 1.807) is 0 Å². The molecule has 138 valence electrons. The van der Waals surface area contributed by atoms with Gasteiger partial charge in [0.05, 0.1) is 16.5 Å². The minimum Gasteiger partial charge on any atom is -0.383 e. The number of anilines is 1. The highest BCUT2D eigenvalue weighted by Gasteiger charge is 2.36. The fourth-order valence-electron chi connectivity index (χ4n) is 3.21. The molecule has 0 saturated heterocycles. The molecule has 1 unspecified atom stereocenters. The van der Waals surface area contributed by atoms with Gasteiger partial charge in [0.2, 0.25) is 0 Å². The number of fused-ring (bicyclic) bond motifs is 1. The molecule has 2 aromatic carbocycles. The van der Waals surface area contributed by atoms with E-state index in [0.717, 1.165) is 27.9 Å². The van der Waals surface area contributed by atoms with Gasteiger partial charge in [-0.05, 0) is 64.7 Å². The minimum atomic E-state index is -3.62. The Morgan fingerprint density at radius 3 is 2.37 bits per heavy atom. The van der Waals surface area contributed by atoms with Crippen molar-refractivity contribution >= 4 is 27.3 Å². The van der Waals surface area contributed by atoms with Crippen LogP contribution in [0.5, 0.6) is 0 Å². The Balaban J connectivity index is 2.09. The lowest BCUT2D eigenvalue weighted by atomic mass is 9.86. The Morgan fingerprint density at radius 1 is 1.15 bits per heavy atom. The van der Waals surface area contributed by atoms with Crippen LogP contribution in [0.1, 0.15) is 42.7 Å². The van der Waals surface area contributed by atoms with Crippen molar-refractivity contribution in [3.63, 3.8) is 0 Å². The lowest BCUT2D eigenvalue weighted by molar-refractivity contribution is 0.578. The van der Waals surface area contributed by atoms with Gasteiger partial charge in [-0.2, -0.15) is 10.5 Å². The summed E-state index contributed by atoms with van der Waals surface area (Å²) in [6, 6.07) is 11.7. The van der Waals surface area contributed by atoms with E-state index < -0.39 is 15.1 Å². The summed E-state index contributed by atoms with van der Waals surface area (Å²) in [6.07, 6.45) is 0. The molecule has 27 heavy (non-hydrogen) atoms. The third-order valence-corrected chi connectivity index (χ3v) is 7.37. The number of sulfone groups is 1. The molecular weight excluding hydrogens is 378 g/mol. The van der Waals surface area contributed by atoms with Crippen molar-refractivity contribution in [3.8, 4) is 11.5 Å². The lowest BCUT2D eigenvalue weighted by Gasteiger charge is -2.23. The highest BCUT2D eigenvalue weighted by Crippen LogP contribution is 2.44. The normalized spacial score (nSPS) is 16.1. The molecule has 0 radical (unpaired) electrons. The van der Waals surface area contributed by atoms with Crippen LogP contribution >= 0.6 is 11.8 Å². The van der Waals surface area contributed by atoms with Gasteiger partial charge in [0, 0.05) is 17.1 Å². The SMILES string of the molecule is CC(C)(C)c1cc2c(cc1SC#N)C(S(=O)(=O)c1ccc(C#N)cc1)CN2. The van der Waals surface area contributed by atoms with Gasteiger partial charge >= 0.3 is 0 Å². The zero-order valence-corrected chi connectivity index (χ0v) is 16.9. The van der Waals surface area contributed by atoms with Gasteiger partial charge in [-0.3, -0.25) is 0 Å². The maximum Gasteiger partial charge on any atom is 0.187 e. The van der Waals surface area contributed by atoms with Gasteiger partial charge in [0.1, 0.15) is 10.7 Å². The first-order valence-electron chi connectivity index (χ1n) is 8.41. The largest absolute Gasteiger partial charge is 0.383 e. The first-order valence-corrected chi connectivity index (χ1v) is 10.8. The number of hydrogen-bond donors (Lipinski definition) is 1. The number of hydrogen-bond acceptors (Lipinski definition) is 6. The predicted octanol–water partition coefficient (Wildman–Crippen LogP) is 4.37. The summed E-state index contributed by atoms with van der Waals surface area (Å²) in [5, 5.41) is 22.7. The molecule has 2 aromatic rings. The van der Waals surface area contributed by atoms with E-state index in [2.05, 4.69) is 31.5 Å². The first-order chi connectivity index (χ1) is 12.7. The fraction of sp³-hybridized carbons (Fsp3) is 0.300. The number of thiocyanates is 1. The quantitative estimate of drug-likeness (QED) is 0.610. The highest BCUT2D eigenvalue weighted by atomic mass is 32.2. The fourth-order valence-corrected chi connectivity index (χ4v) is 5.64. The number of nitrogens with zero attached hydrogens (tertiary/aromatic N) is 2. The molecule has 0 bridgehead atoms. The van der Waals surface area contributed by atoms with Crippen LogP contribution in [-0.2, 0) is 15.3 Å². The van der Waals surface area contributed by atoms with E-state index >= 15 is 0 Å². The van der Waals surface area contributed by atoms with Crippen molar-refractivity contribution in [1.82, 2.24) is 0 Å². The van der Waals surface area contributed by atoms with Crippen molar-refractivity contribution in [2.45, 2.75) is 41.2 Å². The standard InChI is InChI=1S/C20H19N3O2S2/c1-20(2,3)16-9-17-15(8-18(16)26-12-22)19(11-23-17)27(24,25)14-6-4-13(10-21)5-7-14/h4-9,19,23H,11H2,1-3H3. The highest BCUT2D eigenvalue weighted by molar-refractivity contribution is 8.03. The summed E-state index contributed by atoms with van der Waals surface area (Å²) in [4.78, 5) is 0.975. The van der Waals surface area contributed by atoms with Crippen molar-refractivity contribution < 1.29 is 8.42 Å². The third-order valence-electron chi connectivity index (χ3n) is 4.63. The van der Waals surface area contributed by atoms with Gasteiger partial charge in [-0.15, -0.1) is 0 Å². The zero-order valence-electron chi connectivity index (χ0n) is 15.3. The van der Waals surface area contributed by atoms with E-state index in [9.17, 15) is 8.42 Å². The zero-order chi connectivity index (χ0) is 19.8. The second kappa shape index (κ2) is 6.92. The molecule has 3 rings (SSSR count). The number of thioether (sulfide) groups is 1. The van der Waals surface area contributed by atoms with Crippen molar-refractivity contribution in [2.24, 2.45) is 0 Å². The molecule has 0 spiro atoms. The predicted molar refractivity (Wildman–Crippen MR) is 106 cm³/mol. The summed E-state index contributed by atoms with van der Waals surface area (Å²) in [6.45, 7) is 6.48. The molecule has 0 fully saturated rings. The molecule has 0 amide bonds. The molecule has 0 aliphatic carbocycles. The number of nitriles is 2. The van der Waals surface area contributed by atoms with Gasteiger partial charge in [-0.1, -0.05) is 20.8 Å². The molecular formula is C20H19N3O2S2. The van der Waals surface area contributed by atoms with E-state index in [4.69, 9.17) is 10.5 Å². The van der Waals surface area contributed by atoms with Crippen LogP contribution < -0.4 is 5.32 Å². The van der Waals surface area contributed by atoms with Crippen LogP contribution in [0.3, 0.4) is 0 Å². The Kier molecular flexibility index (Phi) is 4.94. The molecule has 5 nitrogen and oxygen atoms in total. The van der Waals surface area contributed by atoms with E-state index in [0.29, 0.717) is 11.1 Å². The Hall–Kier alpha value is -2.48. The van der Waals surface area contributed by atoms with Crippen LogP contribution in [0.15, 0.2) is 46.2 Å². The Bertz CT molecular complexity index is 1070. The van der Waals surface area contributed by atoms with E-state index in [1.807, 2.05) is 18.2 Å². The molecule has 0 saturated carbocycles. The third kappa shape index (κ3) is 3.53. The molecule has 1 N–H and O–H groups in total. The summed E-state index contributed by atoms with van der Waals surface area (Å²) in [7, 11) is -3.62. The minimum absolute atomic E-state index is 0.167. The van der Waals surface area contributed by atoms with Crippen LogP contribution in [-0.4, -0.2) is 15.0 Å². The molecule has 1 aliphatic heterocycles. The average molecular weight is 398 g/mol. The van der Waals surface area contributed by atoms with Gasteiger partial charge in [0.15, 0.2) is 9.84 Å². The number of rotatable bonds is 3. The lowest BCUT2D eigenvalue weighted by Crippen LogP contribution is -2.16. The molecule has 7 heteroatoms. The second-order valence-corrected chi connectivity index (χ2v) is 10.4. The Labute approximate surface area is 163 Å². The summed E-state index contributed by atoms with van der Waals surface area (Å²) in [5.74, 6) is 0.